The van der Waals surface area contributed by atoms with Crippen LogP contribution in [0.25, 0.3) is 10.9 Å². The van der Waals surface area contributed by atoms with Crippen molar-refractivity contribution in [2.75, 3.05) is 0 Å². The van der Waals surface area contributed by atoms with Crippen LogP contribution in [0.3, 0.4) is 0 Å². The van der Waals surface area contributed by atoms with Gasteiger partial charge < -0.3 is 9.84 Å². The first-order chi connectivity index (χ1) is 8.83. The van der Waals surface area contributed by atoms with Crippen molar-refractivity contribution >= 4 is 10.9 Å². The van der Waals surface area contributed by atoms with E-state index in [4.69, 9.17) is 4.74 Å². The molecule has 1 aliphatic rings. The normalized spacial score (nSPS) is 24.1. The Morgan fingerprint density at radius 3 is 2.94 bits per heavy atom. The van der Waals surface area contributed by atoms with Gasteiger partial charge in [0, 0.05) is 17.6 Å². The zero-order valence-electron chi connectivity index (χ0n) is 10.2. The number of aliphatic hydroxyl groups is 1. The second kappa shape index (κ2) is 4.94. The fourth-order valence-electron chi connectivity index (χ4n) is 2.51. The van der Waals surface area contributed by atoms with Crippen LogP contribution >= 0.6 is 0 Å². The molecule has 1 aliphatic carbocycles. The fraction of sp³-hybridized carbons (Fsp3) is 0.400. The molecule has 1 aromatic heterocycles. The monoisotopic (exact) mass is 243 g/mol. The van der Waals surface area contributed by atoms with Gasteiger partial charge >= 0.3 is 0 Å². The molecule has 3 rings (SSSR count). The molecule has 94 valence electrons. The summed E-state index contributed by atoms with van der Waals surface area (Å²) in [4.78, 5) is 4.31. The number of hydrogen-bond acceptors (Lipinski definition) is 3. The van der Waals surface area contributed by atoms with Gasteiger partial charge in [-0.25, -0.2) is 0 Å². The molecule has 0 spiro atoms. The second-order valence-electron chi connectivity index (χ2n) is 4.87. The molecule has 0 amide bonds. The van der Waals surface area contributed by atoms with Crippen molar-refractivity contribution in [3.8, 4) is 5.75 Å². The molecule has 0 saturated heterocycles. The molecular formula is C15H17NO2. The van der Waals surface area contributed by atoms with Crippen molar-refractivity contribution in [3.05, 3.63) is 36.5 Å². The SMILES string of the molecule is O[C@H]1CCCC[C@@H]1Oc1ccc2cccnc2c1. The number of hydrogen-bond donors (Lipinski definition) is 1. The Balaban J connectivity index is 1.81. The highest BCUT2D eigenvalue weighted by atomic mass is 16.5. The summed E-state index contributed by atoms with van der Waals surface area (Å²) < 4.78 is 5.89. The van der Waals surface area contributed by atoms with E-state index in [2.05, 4.69) is 4.98 Å². The molecule has 2 atom stereocenters. The molecule has 2 aromatic rings. The lowest BCUT2D eigenvalue weighted by molar-refractivity contribution is 0.00694. The third-order valence-corrected chi connectivity index (χ3v) is 3.53. The highest BCUT2D eigenvalue weighted by Crippen LogP contribution is 2.25. The number of aliphatic hydroxyl groups excluding tert-OH is 1. The molecule has 1 N–H and O–H groups in total. The predicted molar refractivity (Wildman–Crippen MR) is 70.6 cm³/mol. The van der Waals surface area contributed by atoms with Crippen molar-refractivity contribution in [1.29, 1.82) is 0 Å². The van der Waals surface area contributed by atoms with E-state index < -0.39 is 0 Å². The number of rotatable bonds is 2. The minimum absolute atomic E-state index is 0.0695. The topological polar surface area (TPSA) is 42.4 Å². The summed E-state index contributed by atoms with van der Waals surface area (Å²) in [6.45, 7) is 0. The van der Waals surface area contributed by atoms with Crippen molar-refractivity contribution in [2.24, 2.45) is 0 Å². The molecule has 1 fully saturated rings. The number of aromatic nitrogens is 1. The highest BCUT2D eigenvalue weighted by molar-refractivity contribution is 5.79. The minimum Gasteiger partial charge on any atom is -0.488 e. The molecule has 18 heavy (non-hydrogen) atoms. The average molecular weight is 243 g/mol. The molecule has 1 heterocycles. The Kier molecular flexibility index (Phi) is 3.15. The summed E-state index contributed by atoms with van der Waals surface area (Å²) >= 11 is 0. The lowest BCUT2D eigenvalue weighted by Crippen LogP contribution is -2.34. The zero-order valence-corrected chi connectivity index (χ0v) is 10.2. The number of nitrogens with zero attached hydrogens (tertiary/aromatic N) is 1. The van der Waals surface area contributed by atoms with E-state index in [0.717, 1.165) is 42.3 Å². The molecule has 0 aliphatic heterocycles. The summed E-state index contributed by atoms with van der Waals surface area (Å²) in [5.41, 5.74) is 0.931. The smallest absolute Gasteiger partial charge is 0.124 e. The highest BCUT2D eigenvalue weighted by Gasteiger charge is 2.24. The molecule has 0 radical (unpaired) electrons. The maximum atomic E-state index is 9.90. The lowest BCUT2D eigenvalue weighted by atomic mass is 9.95. The maximum Gasteiger partial charge on any atom is 0.124 e. The van der Waals surface area contributed by atoms with Crippen LogP contribution in [0, 0.1) is 0 Å². The lowest BCUT2D eigenvalue weighted by Gasteiger charge is -2.28. The zero-order chi connectivity index (χ0) is 12.4. The third-order valence-electron chi connectivity index (χ3n) is 3.53. The van der Waals surface area contributed by atoms with Gasteiger partial charge in [-0.05, 0) is 37.5 Å². The fourth-order valence-corrected chi connectivity index (χ4v) is 2.51. The van der Waals surface area contributed by atoms with E-state index in [9.17, 15) is 5.11 Å². The minimum atomic E-state index is -0.335. The van der Waals surface area contributed by atoms with E-state index in [1.165, 1.54) is 0 Å². The van der Waals surface area contributed by atoms with Crippen LogP contribution in [0.4, 0.5) is 0 Å². The van der Waals surface area contributed by atoms with Crippen LogP contribution in [-0.2, 0) is 0 Å². The number of benzene rings is 1. The maximum absolute atomic E-state index is 9.90. The Hall–Kier alpha value is -1.61. The molecule has 3 heteroatoms. The summed E-state index contributed by atoms with van der Waals surface area (Å²) in [6, 6.07) is 9.85. The van der Waals surface area contributed by atoms with Crippen molar-refractivity contribution < 1.29 is 9.84 Å². The van der Waals surface area contributed by atoms with Crippen LogP contribution in [0.1, 0.15) is 25.7 Å². The van der Waals surface area contributed by atoms with Crippen LogP contribution in [-0.4, -0.2) is 22.3 Å². The largest absolute Gasteiger partial charge is 0.488 e. The van der Waals surface area contributed by atoms with E-state index >= 15 is 0 Å². The van der Waals surface area contributed by atoms with Gasteiger partial charge in [0.05, 0.1) is 11.6 Å². The van der Waals surface area contributed by atoms with Gasteiger partial charge in [0.15, 0.2) is 0 Å². The Morgan fingerprint density at radius 2 is 2.06 bits per heavy atom. The summed E-state index contributed by atoms with van der Waals surface area (Å²) in [7, 11) is 0. The molecule has 0 unspecified atom stereocenters. The Bertz CT molecular complexity index is 541. The van der Waals surface area contributed by atoms with E-state index in [1.54, 1.807) is 6.20 Å². The first-order valence-electron chi connectivity index (χ1n) is 6.52. The third kappa shape index (κ3) is 2.31. The van der Waals surface area contributed by atoms with Gasteiger partial charge in [0.25, 0.3) is 0 Å². The Labute approximate surface area is 106 Å². The van der Waals surface area contributed by atoms with Crippen LogP contribution in [0.5, 0.6) is 5.75 Å². The Morgan fingerprint density at radius 1 is 1.17 bits per heavy atom. The summed E-state index contributed by atoms with van der Waals surface area (Å²) in [5.74, 6) is 0.798. The van der Waals surface area contributed by atoms with Gasteiger partial charge in [0.1, 0.15) is 11.9 Å². The second-order valence-corrected chi connectivity index (χ2v) is 4.87. The first kappa shape index (κ1) is 11.5. The molecule has 1 aromatic carbocycles. The number of ether oxygens (including phenoxy) is 1. The van der Waals surface area contributed by atoms with Gasteiger partial charge in [-0.3, -0.25) is 4.98 Å². The van der Waals surface area contributed by atoms with Crippen molar-refractivity contribution in [2.45, 2.75) is 37.9 Å². The van der Waals surface area contributed by atoms with Gasteiger partial charge in [-0.15, -0.1) is 0 Å². The standard InChI is InChI=1S/C15H17NO2/c17-14-5-1-2-6-15(14)18-12-8-7-11-4-3-9-16-13(11)10-12/h3-4,7-10,14-15,17H,1-2,5-6H2/t14-,15-/m0/s1. The summed E-state index contributed by atoms with van der Waals surface area (Å²) in [6.07, 6.45) is 5.38. The molecule has 0 bridgehead atoms. The van der Waals surface area contributed by atoms with Crippen molar-refractivity contribution in [1.82, 2.24) is 4.98 Å². The van der Waals surface area contributed by atoms with Gasteiger partial charge in [0.2, 0.25) is 0 Å². The van der Waals surface area contributed by atoms with Gasteiger partial charge in [-0.1, -0.05) is 12.5 Å². The van der Waals surface area contributed by atoms with E-state index in [-0.39, 0.29) is 12.2 Å². The molecular weight excluding hydrogens is 226 g/mol. The predicted octanol–water partition coefficient (Wildman–Crippen LogP) is 2.92. The molecule has 3 nitrogen and oxygen atoms in total. The van der Waals surface area contributed by atoms with E-state index in [0.29, 0.717) is 0 Å². The average Bonchev–Trinajstić information content (AvgIpc) is 2.41. The van der Waals surface area contributed by atoms with E-state index in [1.807, 2.05) is 30.3 Å². The van der Waals surface area contributed by atoms with Crippen molar-refractivity contribution in [3.63, 3.8) is 0 Å². The quantitative estimate of drug-likeness (QED) is 0.881. The number of pyridine rings is 1. The van der Waals surface area contributed by atoms with Gasteiger partial charge in [-0.2, -0.15) is 0 Å². The molecule has 1 saturated carbocycles. The van der Waals surface area contributed by atoms with Crippen LogP contribution in [0.15, 0.2) is 36.5 Å². The van der Waals surface area contributed by atoms with Crippen LogP contribution < -0.4 is 4.74 Å². The summed E-state index contributed by atoms with van der Waals surface area (Å²) in [5, 5.41) is 11.0. The van der Waals surface area contributed by atoms with Crippen LogP contribution in [0.2, 0.25) is 0 Å². The number of fused-ring (bicyclic) bond motifs is 1. The first-order valence-corrected chi connectivity index (χ1v) is 6.52.